The maximum Gasteiger partial charge on any atom is 0.308 e. The number of hydrogen-bond donors (Lipinski definition) is 0. The van der Waals surface area contributed by atoms with Crippen LogP contribution in [-0.2, 0) is 11.8 Å². The van der Waals surface area contributed by atoms with Gasteiger partial charge in [-0.3, -0.25) is 19.1 Å². The second-order valence-electron chi connectivity index (χ2n) is 6.89. The van der Waals surface area contributed by atoms with Crippen molar-refractivity contribution in [2.45, 2.75) is 12.3 Å². The summed E-state index contributed by atoms with van der Waals surface area (Å²) in [5, 5.41) is 0. The van der Waals surface area contributed by atoms with E-state index in [2.05, 4.69) is 0 Å². The summed E-state index contributed by atoms with van der Waals surface area (Å²) >= 11 is 1.16. The van der Waals surface area contributed by atoms with E-state index in [0.29, 0.717) is 23.1 Å². The van der Waals surface area contributed by atoms with Crippen LogP contribution < -0.4 is 24.0 Å². The minimum Gasteiger partial charge on any atom is -0.493 e. The molecule has 0 N–H and O–H groups in total. The van der Waals surface area contributed by atoms with Crippen molar-refractivity contribution >= 4 is 28.7 Å². The lowest BCUT2D eigenvalue weighted by molar-refractivity contribution is -0.118. The second kappa shape index (κ2) is 7.87. The van der Waals surface area contributed by atoms with Gasteiger partial charge in [0.15, 0.2) is 11.5 Å². The van der Waals surface area contributed by atoms with E-state index >= 15 is 0 Å². The van der Waals surface area contributed by atoms with Crippen LogP contribution in [0.4, 0.5) is 11.5 Å². The number of nitrogens with zero attached hydrogens (tertiary/aromatic N) is 2. The molecule has 0 bridgehead atoms. The quantitative estimate of drug-likeness (QED) is 0.623. The van der Waals surface area contributed by atoms with Crippen molar-refractivity contribution < 1.29 is 19.0 Å². The summed E-state index contributed by atoms with van der Waals surface area (Å²) in [5.41, 5.74) is 1.56. The Hall–Kier alpha value is -3.26. The minimum absolute atomic E-state index is 0.0825. The molecule has 0 fully saturated rings. The summed E-state index contributed by atoms with van der Waals surface area (Å²) in [4.78, 5) is 28.2. The lowest BCUT2D eigenvalue weighted by Crippen LogP contribution is -2.34. The average Bonchev–Trinajstić information content (AvgIpc) is 3.07. The van der Waals surface area contributed by atoms with Crippen LogP contribution >= 0.6 is 11.3 Å². The maximum absolute atomic E-state index is 13.3. The van der Waals surface area contributed by atoms with Crippen LogP contribution in [-0.4, -0.2) is 31.8 Å². The molecule has 3 aromatic rings. The number of methoxy groups -OCH3 is 3. The Morgan fingerprint density at radius 2 is 1.60 bits per heavy atom. The molecule has 0 saturated heterocycles. The topological polar surface area (TPSA) is 70.0 Å². The highest BCUT2D eigenvalue weighted by molar-refractivity contribution is 7.10. The number of fused-ring (bicyclic) bond motifs is 1. The molecule has 2 aromatic carbocycles. The molecule has 0 spiro atoms. The van der Waals surface area contributed by atoms with E-state index in [1.807, 2.05) is 42.5 Å². The number of anilines is 2. The molecule has 8 heteroatoms. The van der Waals surface area contributed by atoms with Gasteiger partial charge in [0, 0.05) is 19.4 Å². The number of aromatic nitrogens is 1. The third-order valence-corrected chi connectivity index (χ3v) is 6.40. The van der Waals surface area contributed by atoms with Gasteiger partial charge in [-0.1, -0.05) is 29.5 Å². The van der Waals surface area contributed by atoms with Gasteiger partial charge in [0.05, 0.1) is 31.9 Å². The summed E-state index contributed by atoms with van der Waals surface area (Å²) in [6.07, 6.45) is 0.223. The molecule has 1 atom stereocenters. The van der Waals surface area contributed by atoms with E-state index in [1.165, 1.54) is 4.57 Å². The number of benzene rings is 2. The number of carbonyl (C=O) groups excluding carboxylic acids is 1. The third kappa shape index (κ3) is 3.13. The molecule has 0 radical (unpaired) electrons. The van der Waals surface area contributed by atoms with E-state index in [9.17, 15) is 9.59 Å². The molecule has 156 valence electrons. The molecule has 0 saturated carbocycles. The maximum atomic E-state index is 13.3. The largest absolute Gasteiger partial charge is 0.493 e. The zero-order chi connectivity index (χ0) is 21.4. The SMILES string of the molecule is COc1cc(C2CC(=O)N(c3ccccc3)c3c2sc(=O)n3C)cc(OC)c1OC. The highest BCUT2D eigenvalue weighted by Crippen LogP contribution is 2.48. The van der Waals surface area contributed by atoms with Crippen LogP contribution in [0.25, 0.3) is 0 Å². The van der Waals surface area contributed by atoms with Gasteiger partial charge in [-0.15, -0.1) is 0 Å². The van der Waals surface area contributed by atoms with Gasteiger partial charge >= 0.3 is 4.87 Å². The molecule has 7 nitrogen and oxygen atoms in total. The summed E-state index contributed by atoms with van der Waals surface area (Å²) in [5.74, 6) is 1.73. The second-order valence-corrected chi connectivity index (χ2v) is 7.89. The normalized spacial score (nSPS) is 15.7. The Balaban J connectivity index is 1.90. The molecule has 30 heavy (non-hydrogen) atoms. The van der Waals surface area contributed by atoms with E-state index in [4.69, 9.17) is 14.2 Å². The van der Waals surface area contributed by atoms with Crippen LogP contribution in [0.5, 0.6) is 17.2 Å². The van der Waals surface area contributed by atoms with Gasteiger partial charge in [-0.05, 0) is 29.8 Å². The van der Waals surface area contributed by atoms with Crippen molar-refractivity contribution in [3.8, 4) is 17.2 Å². The van der Waals surface area contributed by atoms with Gasteiger partial charge in [0.25, 0.3) is 0 Å². The van der Waals surface area contributed by atoms with Crippen LogP contribution in [0.3, 0.4) is 0 Å². The third-order valence-electron chi connectivity index (χ3n) is 5.27. The molecule has 1 aromatic heterocycles. The first-order valence-corrected chi connectivity index (χ1v) is 10.2. The van der Waals surface area contributed by atoms with Gasteiger partial charge in [-0.2, -0.15) is 0 Å². The number of hydrogen-bond acceptors (Lipinski definition) is 6. The van der Waals surface area contributed by atoms with Gasteiger partial charge in [-0.25, -0.2) is 0 Å². The lowest BCUT2D eigenvalue weighted by atomic mass is 9.90. The fraction of sp³-hybridized carbons (Fsp3) is 0.273. The smallest absolute Gasteiger partial charge is 0.308 e. The number of rotatable bonds is 5. The number of thiazole rings is 1. The van der Waals surface area contributed by atoms with E-state index in [-0.39, 0.29) is 23.1 Å². The lowest BCUT2D eigenvalue weighted by Gasteiger charge is -2.32. The first kappa shape index (κ1) is 20.0. The van der Waals surface area contributed by atoms with Crippen molar-refractivity contribution in [1.29, 1.82) is 0 Å². The zero-order valence-corrected chi connectivity index (χ0v) is 18.0. The van der Waals surface area contributed by atoms with E-state index in [1.54, 1.807) is 33.3 Å². The summed E-state index contributed by atoms with van der Waals surface area (Å²) in [6.45, 7) is 0. The Morgan fingerprint density at radius 3 is 2.17 bits per heavy atom. The van der Waals surface area contributed by atoms with E-state index < -0.39 is 0 Å². The van der Waals surface area contributed by atoms with E-state index in [0.717, 1.165) is 27.5 Å². The zero-order valence-electron chi connectivity index (χ0n) is 17.2. The molecule has 2 heterocycles. The van der Waals surface area contributed by atoms with Gasteiger partial charge in [0.1, 0.15) is 5.82 Å². The van der Waals surface area contributed by atoms with Crippen LogP contribution in [0.2, 0.25) is 0 Å². The highest BCUT2D eigenvalue weighted by Gasteiger charge is 2.38. The molecule has 1 aliphatic heterocycles. The highest BCUT2D eigenvalue weighted by atomic mass is 32.1. The first-order valence-electron chi connectivity index (χ1n) is 9.37. The number of carbonyl (C=O) groups is 1. The average molecular weight is 426 g/mol. The fourth-order valence-electron chi connectivity index (χ4n) is 3.84. The molecule has 1 amide bonds. The fourth-order valence-corrected chi connectivity index (χ4v) is 4.93. The van der Waals surface area contributed by atoms with Gasteiger partial charge in [0.2, 0.25) is 11.7 Å². The molecule has 0 aliphatic carbocycles. The monoisotopic (exact) mass is 426 g/mol. The minimum atomic E-state index is -0.292. The van der Waals surface area contributed by atoms with Crippen molar-refractivity contribution in [2.75, 3.05) is 26.2 Å². The Labute approximate surface area is 178 Å². The standard InChI is InChI=1S/C22H22N2O5S/c1-23-21-20(30-22(23)26)15(12-18(25)24(21)14-8-6-5-7-9-14)13-10-16(27-2)19(29-4)17(11-13)28-3/h5-11,15H,12H2,1-4H3. The number of ether oxygens (including phenoxy) is 3. The van der Waals surface area contributed by atoms with Crippen LogP contribution in [0, 0.1) is 0 Å². The van der Waals surface area contributed by atoms with Crippen molar-refractivity contribution in [2.24, 2.45) is 7.05 Å². The number of para-hydroxylation sites is 1. The molecular formula is C22H22N2O5S. The van der Waals surface area contributed by atoms with Crippen LogP contribution in [0.15, 0.2) is 47.3 Å². The van der Waals surface area contributed by atoms with Crippen molar-refractivity contribution in [1.82, 2.24) is 4.57 Å². The number of amides is 1. The summed E-state index contributed by atoms with van der Waals surface area (Å²) in [6, 6.07) is 13.0. The Bertz CT molecular complexity index is 1130. The predicted octanol–water partition coefficient (Wildman–Crippen LogP) is 3.67. The molecule has 4 rings (SSSR count). The Kier molecular flexibility index (Phi) is 5.26. The van der Waals surface area contributed by atoms with Crippen molar-refractivity contribution in [3.63, 3.8) is 0 Å². The Morgan fingerprint density at radius 1 is 0.967 bits per heavy atom. The predicted molar refractivity (Wildman–Crippen MR) is 116 cm³/mol. The molecule has 1 aliphatic rings. The van der Waals surface area contributed by atoms with Crippen LogP contribution in [0.1, 0.15) is 22.8 Å². The summed E-state index contributed by atoms with van der Waals surface area (Å²) < 4.78 is 17.9. The van der Waals surface area contributed by atoms with Crippen molar-refractivity contribution in [3.05, 3.63) is 62.6 Å². The van der Waals surface area contributed by atoms with Gasteiger partial charge < -0.3 is 14.2 Å². The first-order chi connectivity index (χ1) is 14.5. The molecule has 1 unspecified atom stereocenters. The summed E-state index contributed by atoms with van der Waals surface area (Å²) in [7, 11) is 6.34. The molecular weight excluding hydrogens is 404 g/mol.